The molecule has 2 aromatic heterocycles. The van der Waals surface area contributed by atoms with E-state index in [2.05, 4.69) is 31.3 Å². The Morgan fingerprint density at radius 3 is 2.82 bits per heavy atom. The fourth-order valence-corrected chi connectivity index (χ4v) is 3.62. The number of nitrogens with zero attached hydrogens (tertiary/aromatic N) is 5. The molecule has 2 unspecified atom stereocenters. The van der Waals surface area contributed by atoms with Crippen molar-refractivity contribution < 1.29 is 4.74 Å². The van der Waals surface area contributed by atoms with Gasteiger partial charge < -0.3 is 9.64 Å². The van der Waals surface area contributed by atoms with Crippen LogP contribution in [0.1, 0.15) is 51.7 Å². The van der Waals surface area contributed by atoms with Crippen LogP contribution in [-0.2, 0) is 4.74 Å². The number of anilines is 1. The van der Waals surface area contributed by atoms with Gasteiger partial charge in [-0.05, 0) is 45.4 Å². The number of imidazole rings is 1. The van der Waals surface area contributed by atoms with Gasteiger partial charge in [-0.25, -0.2) is 15.0 Å². The average molecular weight is 301 g/mol. The van der Waals surface area contributed by atoms with E-state index in [9.17, 15) is 0 Å². The second-order valence-electron chi connectivity index (χ2n) is 6.38. The van der Waals surface area contributed by atoms with E-state index < -0.39 is 0 Å². The van der Waals surface area contributed by atoms with Crippen molar-refractivity contribution in [2.24, 2.45) is 0 Å². The van der Waals surface area contributed by atoms with Crippen LogP contribution in [0.15, 0.2) is 12.7 Å². The van der Waals surface area contributed by atoms with Crippen molar-refractivity contribution in [1.29, 1.82) is 0 Å². The van der Waals surface area contributed by atoms with Crippen molar-refractivity contribution in [2.45, 2.75) is 57.7 Å². The van der Waals surface area contributed by atoms with E-state index in [-0.39, 0.29) is 6.23 Å². The smallest absolute Gasteiger partial charge is 0.167 e. The van der Waals surface area contributed by atoms with E-state index in [1.165, 1.54) is 25.7 Å². The lowest BCUT2D eigenvalue weighted by molar-refractivity contribution is -0.0298. The minimum Gasteiger partial charge on any atom is -0.358 e. The summed E-state index contributed by atoms with van der Waals surface area (Å²) in [5.41, 5.74) is 1.81. The number of aromatic nitrogens is 4. The average Bonchev–Trinajstić information content (AvgIpc) is 3.00. The summed E-state index contributed by atoms with van der Waals surface area (Å²) in [5.74, 6) is 0.978. The Hall–Kier alpha value is -1.69. The molecule has 0 spiro atoms. The lowest BCUT2D eigenvalue weighted by Gasteiger charge is -2.34. The molecule has 0 radical (unpaired) electrons. The van der Waals surface area contributed by atoms with E-state index in [0.29, 0.717) is 6.04 Å². The van der Waals surface area contributed by atoms with Crippen LogP contribution >= 0.6 is 0 Å². The van der Waals surface area contributed by atoms with E-state index in [0.717, 1.165) is 43.0 Å². The predicted molar refractivity (Wildman–Crippen MR) is 84.8 cm³/mol. The molecule has 118 valence electrons. The van der Waals surface area contributed by atoms with E-state index >= 15 is 0 Å². The zero-order valence-corrected chi connectivity index (χ0v) is 13.1. The van der Waals surface area contributed by atoms with Gasteiger partial charge in [-0.2, -0.15) is 0 Å². The largest absolute Gasteiger partial charge is 0.358 e. The summed E-state index contributed by atoms with van der Waals surface area (Å²) in [6.07, 6.45) is 10.7. The Morgan fingerprint density at radius 1 is 1.09 bits per heavy atom. The molecule has 2 atom stereocenters. The molecular weight excluding hydrogens is 278 g/mol. The summed E-state index contributed by atoms with van der Waals surface area (Å²) < 4.78 is 7.96. The highest BCUT2D eigenvalue weighted by Gasteiger charge is 2.25. The standard InChI is InChI=1S/C16H23N5O/c1-12-6-2-4-8-20(12)15-14-16(18-10-17-15)21(11-19-14)13-7-3-5-9-22-13/h10-13H,2-9H2,1H3. The predicted octanol–water partition coefficient (Wildman–Crippen LogP) is 2.90. The topological polar surface area (TPSA) is 56.1 Å². The molecule has 0 bridgehead atoms. The first kappa shape index (κ1) is 13.9. The third kappa shape index (κ3) is 2.35. The number of rotatable bonds is 2. The third-order valence-electron chi connectivity index (χ3n) is 4.88. The summed E-state index contributed by atoms with van der Waals surface area (Å²) in [6.45, 7) is 4.15. The fraction of sp³-hybridized carbons (Fsp3) is 0.688. The fourth-order valence-electron chi connectivity index (χ4n) is 3.62. The summed E-state index contributed by atoms with van der Waals surface area (Å²) in [7, 11) is 0. The van der Waals surface area contributed by atoms with Crippen LogP contribution in [0.25, 0.3) is 11.2 Å². The van der Waals surface area contributed by atoms with Gasteiger partial charge in [-0.15, -0.1) is 0 Å². The lowest BCUT2D eigenvalue weighted by Crippen LogP contribution is -2.38. The second-order valence-corrected chi connectivity index (χ2v) is 6.38. The van der Waals surface area contributed by atoms with E-state index in [1.807, 2.05) is 6.33 Å². The Kier molecular flexibility index (Phi) is 3.70. The van der Waals surface area contributed by atoms with Crippen LogP contribution in [0.3, 0.4) is 0 Å². The Morgan fingerprint density at radius 2 is 2.00 bits per heavy atom. The summed E-state index contributed by atoms with van der Waals surface area (Å²) in [6, 6.07) is 0.517. The maximum absolute atomic E-state index is 5.89. The Balaban J connectivity index is 1.73. The molecule has 2 aromatic rings. The molecular formula is C16H23N5O. The number of fused-ring (bicyclic) bond motifs is 1. The number of hydrogen-bond acceptors (Lipinski definition) is 5. The van der Waals surface area contributed by atoms with Gasteiger partial charge in [-0.3, -0.25) is 4.57 Å². The summed E-state index contributed by atoms with van der Waals surface area (Å²) >= 11 is 0. The van der Waals surface area contributed by atoms with Gasteiger partial charge in [0.2, 0.25) is 0 Å². The van der Waals surface area contributed by atoms with Crippen molar-refractivity contribution in [2.75, 3.05) is 18.1 Å². The van der Waals surface area contributed by atoms with Crippen molar-refractivity contribution in [1.82, 2.24) is 19.5 Å². The van der Waals surface area contributed by atoms with Crippen LogP contribution in [0.4, 0.5) is 5.82 Å². The zero-order chi connectivity index (χ0) is 14.9. The van der Waals surface area contributed by atoms with Crippen molar-refractivity contribution in [3.05, 3.63) is 12.7 Å². The van der Waals surface area contributed by atoms with E-state index in [4.69, 9.17) is 4.74 Å². The zero-order valence-electron chi connectivity index (χ0n) is 13.1. The van der Waals surface area contributed by atoms with Gasteiger partial charge >= 0.3 is 0 Å². The molecule has 6 nitrogen and oxygen atoms in total. The summed E-state index contributed by atoms with van der Waals surface area (Å²) in [5, 5.41) is 0. The van der Waals surface area contributed by atoms with E-state index in [1.54, 1.807) is 6.33 Å². The van der Waals surface area contributed by atoms with Crippen molar-refractivity contribution in [3.8, 4) is 0 Å². The second kappa shape index (κ2) is 5.83. The van der Waals surface area contributed by atoms with Crippen LogP contribution < -0.4 is 4.90 Å². The molecule has 2 saturated heterocycles. The van der Waals surface area contributed by atoms with Gasteiger partial charge in [0, 0.05) is 19.2 Å². The molecule has 0 aliphatic carbocycles. The third-order valence-corrected chi connectivity index (χ3v) is 4.88. The molecule has 4 heterocycles. The molecule has 2 aliphatic rings. The minimum atomic E-state index is 0.0697. The molecule has 2 fully saturated rings. The van der Waals surface area contributed by atoms with Crippen LogP contribution in [0.5, 0.6) is 0 Å². The van der Waals surface area contributed by atoms with Gasteiger partial charge in [-0.1, -0.05) is 0 Å². The van der Waals surface area contributed by atoms with Gasteiger partial charge in [0.1, 0.15) is 12.6 Å². The first-order valence-electron chi connectivity index (χ1n) is 8.40. The lowest BCUT2D eigenvalue weighted by atomic mass is 10.0. The number of piperidine rings is 1. The molecule has 6 heteroatoms. The highest BCUT2D eigenvalue weighted by molar-refractivity contribution is 5.83. The van der Waals surface area contributed by atoms with Crippen molar-refractivity contribution in [3.63, 3.8) is 0 Å². The van der Waals surface area contributed by atoms with Gasteiger partial charge in [0.15, 0.2) is 17.0 Å². The molecule has 2 aliphatic heterocycles. The molecule has 0 aromatic carbocycles. The monoisotopic (exact) mass is 301 g/mol. The van der Waals surface area contributed by atoms with Gasteiger partial charge in [0.05, 0.1) is 6.33 Å². The summed E-state index contributed by atoms with van der Waals surface area (Å²) in [4.78, 5) is 16.0. The highest BCUT2D eigenvalue weighted by Crippen LogP contribution is 2.31. The SMILES string of the molecule is CC1CCCCN1c1ncnc2c1ncn2C1CCCCO1. The van der Waals surface area contributed by atoms with Crippen LogP contribution in [-0.4, -0.2) is 38.7 Å². The Bertz CT molecular complexity index is 649. The highest BCUT2D eigenvalue weighted by atomic mass is 16.5. The number of hydrogen-bond donors (Lipinski definition) is 0. The quantitative estimate of drug-likeness (QED) is 0.853. The van der Waals surface area contributed by atoms with Crippen LogP contribution in [0, 0.1) is 0 Å². The Labute approximate surface area is 130 Å². The normalized spacial score (nSPS) is 26.5. The maximum Gasteiger partial charge on any atom is 0.167 e. The first-order chi connectivity index (χ1) is 10.8. The van der Waals surface area contributed by atoms with Gasteiger partial charge in [0.25, 0.3) is 0 Å². The van der Waals surface area contributed by atoms with Crippen LogP contribution in [0.2, 0.25) is 0 Å². The molecule has 22 heavy (non-hydrogen) atoms. The molecule has 0 N–H and O–H groups in total. The minimum absolute atomic E-state index is 0.0697. The first-order valence-corrected chi connectivity index (χ1v) is 8.40. The van der Waals surface area contributed by atoms with Crippen molar-refractivity contribution >= 4 is 17.0 Å². The molecule has 0 amide bonds. The number of ether oxygens (including phenoxy) is 1. The molecule has 0 saturated carbocycles. The molecule has 4 rings (SSSR count). The maximum atomic E-state index is 5.89.